The predicted molar refractivity (Wildman–Crippen MR) is 124 cm³/mol. The lowest BCUT2D eigenvalue weighted by Crippen LogP contribution is -2.40. The van der Waals surface area contributed by atoms with Gasteiger partial charge in [-0.3, -0.25) is 9.59 Å². The summed E-state index contributed by atoms with van der Waals surface area (Å²) in [5.41, 5.74) is 3.02. The molecule has 5 rings (SSSR count). The fourth-order valence-corrected chi connectivity index (χ4v) is 6.24. The zero-order valence-corrected chi connectivity index (χ0v) is 18.7. The average Bonchev–Trinajstić information content (AvgIpc) is 3.35. The molecule has 1 fully saturated rings. The quantitative estimate of drug-likeness (QED) is 0.631. The van der Waals surface area contributed by atoms with E-state index >= 15 is 0 Å². The molecule has 1 amide bonds. The lowest BCUT2D eigenvalue weighted by molar-refractivity contribution is -0.148. The molecule has 0 unspecified atom stereocenters. The molecule has 2 aliphatic rings. The molecule has 0 bridgehead atoms. The number of nitrogens with zero attached hydrogens (tertiary/aromatic N) is 1. The third-order valence-electron chi connectivity index (χ3n) is 6.65. The first-order valence-electron chi connectivity index (χ1n) is 10.9. The molecule has 1 aliphatic carbocycles. The summed E-state index contributed by atoms with van der Waals surface area (Å²) in [6, 6.07) is 19.8. The molecule has 2 aromatic carbocycles. The maximum absolute atomic E-state index is 12.7. The van der Waals surface area contributed by atoms with Crippen molar-refractivity contribution < 1.29 is 19.4 Å². The molecule has 1 N–H and O–H groups in total. The van der Waals surface area contributed by atoms with Gasteiger partial charge in [-0.05, 0) is 48.2 Å². The van der Waals surface area contributed by atoms with E-state index in [9.17, 15) is 14.7 Å². The summed E-state index contributed by atoms with van der Waals surface area (Å²) >= 11 is 1.66. The van der Waals surface area contributed by atoms with Crippen LogP contribution in [0.5, 0.6) is 0 Å². The van der Waals surface area contributed by atoms with Gasteiger partial charge in [-0.25, -0.2) is 0 Å². The fraction of sp³-hybridized carbons (Fsp3) is 0.308. The molecule has 0 saturated carbocycles. The van der Waals surface area contributed by atoms with Crippen LogP contribution >= 0.6 is 11.3 Å². The summed E-state index contributed by atoms with van der Waals surface area (Å²) < 4.78 is 5.33. The Morgan fingerprint density at radius 1 is 1.06 bits per heavy atom. The van der Waals surface area contributed by atoms with Gasteiger partial charge in [-0.2, -0.15) is 0 Å². The number of amides is 1. The lowest BCUT2D eigenvalue weighted by atomic mass is 9.74. The van der Waals surface area contributed by atoms with Crippen LogP contribution in [0.2, 0.25) is 0 Å². The number of aliphatic carboxylic acids is 1. The van der Waals surface area contributed by atoms with E-state index < -0.39 is 11.4 Å². The highest BCUT2D eigenvalue weighted by molar-refractivity contribution is 7.15. The highest BCUT2D eigenvalue weighted by Crippen LogP contribution is 2.54. The van der Waals surface area contributed by atoms with Crippen LogP contribution in [0.4, 0.5) is 0 Å². The van der Waals surface area contributed by atoms with E-state index in [0.717, 1.165) is 26.4 Å². The molecular formula is C26H25NO4S. The van der Waals surface area contributed by atoms with Crippen molar-refractivity contribution in [2.45, 2.75) is 19.3 Å². The van der Waals surface area contributed by atoms with Crippen molar-refractivity contribution in [1.29, 1.82) is 0 Å². The van der Waals surface area contributed by atoms with Crippen molar-refractivity contribution in [3.8, 4) is 10.4 Å². The standard InChI is InChI=1S/C26H25NO4S/c1-26(25(29)30)16-22-20(23(26)18-5-3-2-4-6-18)15-21(32-22)17-7-9-19(10-8-17)24(28)27-11-13-31-14-12-27/h2-10,15,23H,11-14,16H2,1H3,(H,29,30)/t23-,26+/m0/s1. The molecule has 0 spiro atoms. The maximum Gasteiger partial charge on any atom is 0.310 e. The molecular weight excluding hydrogens is 422 g/mol. The molecule has 2 heterocycles. The lowest BCUT2D eigenvalue weighted by Gasteiger charge is -2.28. The number of hydrogen-bond acceptors (Lipinski definition) is 4. The Morgan fingerprint density at radius 2 is 1.75 bits per heavy atom. The predicted octanol–water partition coefficient (Wildman–Crippen LogP) is 4.67. The van der Waals surface area contributed by atoms with Crippen LogP contribution in [0.3, 0.4) is 0 Å². The van der Waals surface area contributed by atoms with Gasteiger partial charge in [0.1, 0.15) is 0 Å². The van der Waals surface area contributed by atoms with E-state index in [4.69, 9.17) is 4.74 Å². The second kappa shape index (κ2) is 8.19. The van der Waals surface area contributed by atoms with Crippen molar-refractivity contribution in [1.82, 2.24) is 4.90 Å². The van der Waals surface area contributed by atoms with E-state index in [1.165, 1.54) is 0 Å². The Morgan fingerprint density at radius 3 is 2.41 bits per heavy atom. The number of morpholine rings is 1. The van der Waals surface area contributed by atoms with Crippen LogP contribution in [0.15, 0.2) is 60.7 Å². The van der Waals surface area contributed by atoms with E-state index in [1.54, 1.807) is 11.3 Å². The molecule has 1 aromatic heterocycles. The molecule has 6 heteroatoms. The number of fused-ring (bicyclic) bond motifs is 1. The summed E-state index contributed by atoms with van der Waals surface area (Å²) in [7, 11) is 0. The number of carboxylic acid groups (broad SMARTS) is 1. The highest BCUT2D eigenvalue weighted by atomic mass is 32.1. The van der Waals surface area contributed by atoms with Gasteiger partial charge in [-0.1, -0.05) is 42.5 Å². The van der Waals surface area contributed by atoms with Gasteiger partial charge < -0.3 is 14.7 Å². The highest BCUT2D eigenvalue weighted by Gasteiger charge is 2.50. The summed E-state index contributed by atoms with van der Waals surface area (Å²) in [6.45, 7) is 4.28. The molecule has 32 heavy (non-hydrogen) atoms. The third-order valence-corrected chi connectivity index (χ3v) is 7.85. The summed E-state index contributed by atoms with van der Waals surface area (Å²) in [4.78, 5) is 29.0. The second-order valence-corrected chi connectivity index (χ2v) is 9.85. The van der Waals surface area contributed by atoms with Crippen molar-refractivity contribution >= 4 is 23.2 Å². The number of benzene rings is 2. The zero-order chi connectivity index (χ0) is 22.3. The monoisotopic (exact) mass is 447 g/mol. The Balaban J connectivity index is 1.44. The van der Waals surface area contributed by atoms with Gasteiger partial charge in [0.2, 0.25) is 0 Å². The van der Waals surface area contributed by atoms with Gasteiger partial charge in [-0.15, -0.1) is 11.3 Å². The number of rotatable bonds is 4. The van der Waals surface area contributed by atoms with Gasteiger partial charge in [0.25, 0.3) is 5.91 Å². The summed E-state index contributed by atoms with van der Waals surface area (Å²) in [5, 5.41) is 10.0. The molecule has 3 aromatic rings. The molecule has 1 saturated heterocycles. The molecule has 2 atom stereocenters. The topological polar surface area (TPSA) is 66.8 Å². The maximum atomic E-state index is 12.7. The first-order valence-corrected chi connectivity index (χ1v) is 11.7. The van der Waals surface area contributed by atoms with Crippen LogP contribution in [-0.2, 0) is 16.0 Å². The van der Waals surface area contributed by atoms with E-state index in [0.29, 0.717) is 38.3 Å². The number of ether oxygens (including phenoxy) is 1. The van der Waals surface area contributed by atoms with Crippen LogP contribution < -0.4 is 0 Å². The number of thiophene rings is 1. The van der Waals surface area contributed by atoms with E-state index in [1.807, 2.05) is 66.4 Å². The van der Waals surface area contributed by atoms with E-state index in [-0.39, 0.29) is 11.8 Å². The van der Waals surface area contributed by atoms with Gasteiger partial charge in [0.15, 0.2) is 0 Å². The number of carbonyl (C=O) groups excluding carboxylic acids is 1. The first kappa shape index (κ1) is 20.9. The van der Waals surface area contributed by atoms with Crippen molar-refractivity contribution in [3.05, 3.63) is 82.2 Å². The third kappa shape index (κ3) is 3.53. The van der Waals surface area contributed by atoms with E-state index in [2.05, 4.69) is 6.07 Å². The number of hydrogen-bond donors (Lipinski definition) is 1. The molecule has 1 aliphatic heterocycles. The van der Waals surface area contributed by atoms with Crippen molar-refractivity contribution in [3.63, 3.8) is 0 Å². The molecule has 0 radical (unpaired) electrons. The first-order chi connectivity index (χ1) is 15.5. The Hall–Kier alpha value is -2.96. The summed E-state index contributed by atoms with van der Waals surface area (Å²) in [6.07, 6.45) is 0.523. The molecule has 164 valence electrons. The number of carboxylic acids is 1. The van der Waals surface area contributed by atoms with Crippen LogP contribution in [0.25, 0.3) is 10.4 Å². The van der Waals surface area contributed by atoms with Crippen LogP contribution in [0.1, 0.15) is 39.2 Å². The SMILES string of the molecule is C[C@@]1(C(=O)O)Cc2sc(-c3ccc(C(=O)N4CCOCC4)cc3)cc2[C@@H]1c1ccccc1. The fourth-order valence-electron chi connectivity index (χ4n) is 4.86. The smallest absolute Gasteiger partial charge is 0.310 e. The zero-order valence-electron chi connectivity index (χ0n) is 17.9. The van der Waals surface area contributed by atoms with Crippen LogP contribution in [0, 0.1) is 5.41 Å². The molecule has 5 nitrogen and oxygen atoms in total. The normalized spacial score (nSPS) is 22.5. The Bertz CT molecular complexity index is 1150. The average molecular weight is 448 g/mol. The largest absolute Gasteiger partial charge is 0.481 e. The minimum Gasteiger partial charge on any atom is -0.481 e. The minimum atomic E-state index is -0.852. The van der Waals surface area contributed by atoms with Crippen LogP contribution in [-0.4, -0.2) is 48.2 Å². The Kier molecular flexibility index (Phi) is 5.35. The second-order valence-electron chi connectivity index (χ2n) is 8.71. The van der Waals surface area contributed by atoms with Crippen molar-refractivity contribution in [2.24, 2.45) is 5.41 Å². The van der Waals surface area contributed by atoms with Gasteiger partial charge in [0, 0.05) is 34.3 Å². The van der Waals surface area contributed by atoms with Crippen molar-refractivity contribution in [2.75, 3.05) is 26.3 Å². The number of carbonyl (C=O) groups is 2. The van der Waals surface area contributed by atoms with Gasteiger partial charge in [0.05, 0.1) is 18.6 Å². The van der Waals surface area contributed by atoms with Gasteiger partial charge >= 0.3 is 5.97 Å². The minimum absolute atomic E-state index is 0.0369. The summed E-state index contributed by atoms with van der Waals surface area (Å²) in [5.74, 6) is -0.902. The Labute approximate surface area is 191 Å².